The van der Waals surface area contributed by atoms with Gasteiger partial charge in [0.05, 0.1) is 5.69 Å². The Morgan fingerprint density at radius 3 is 2.36 bits per heavy atom. The van der Waals surface area contributed by atoms with E-state index in [1.807, 2.05) is 43.1 Å². The summed E-state index contributed by atoms with van der Waals surface area (Å²) in [5.74, 6) is -0.316. The van der Waals surface area contributed by atoms with Crippen molar-refractivity contribution in [3.63, 3.8) is 0 Å². The molecule has 0 radical (unpaired) electrons. The Morgan fingerprint density at radius 1 is 1.11 bits per heavy atom. The fourth-order valence-corrected chi connectivity index (χ4v) is 4.06. The lowest BCUT2D eigenvalue weighted by molar-refractivity contribution is -0.134. The van der Waals surface area contributed by atoms with Gasteiger partial charge in [0, 0.05) is 20.1 Å². The number of aryl methyl sites for hydroxylation is 2. The Morgan fingerprint density at radius 2 is 1.75 bits per heavy atom. The van der Waals surface area contributed by atoms with Gasteiger partial charge in [0.2, 0.25) is 5.91 Å². The highest BCUT2D eigenvalue weighted by atomic mass is 16.2. The van der Waals surface area contributed by atoms with Gasteiger partial charge in [-0.2, -0.15) is 5.10 Å². The van der Waals surface area contributed by atoms with Crippen LogP contribution in [0, 0.1) is 12.3 Å². The van der Waals surface area contributed by atoms with Crippen LogP contribution in [0.4, 0.5) is 0 Å². The van der Waals surface area contributed by atoms with E-state index in [1.165, 1.54) is 18.4 Å². The zero-order chi connectivity index (χ0) is 19.9. The molecule has 2 aliphatic rings. The van der Waals surface area contributed by atoms with Crippen LogP contribution in [0.15, 0.2) is 30.3 Å². The van der Waals surface area contributed by atoms with Crippen molar-refractivity contribution in [1.29, 1.82) is 0 Å². The molecule has 1 saturated carbocycles. The van der Waals surface area contributed by atoms with Crippen molar-refractivity contribution in [3.8, 4) is 11.3 Å². The molecule has 1 atom stereocenters. The van der Waals surface area contributed by atoms with E-state index in [9.17, 15) is 9.59 Å². The molecule has 2 amide bonds. The second-order valence-corrected chi connectivity index (χ2v) is 8.42. The summed E-state index contributed by atoms with van der Waals surface area (Å²) in [6, 6.07) is 9.33. The summed E-state index contributed by atoms with van der Waals surface area (Å²) in [6.07, 6.45) is 4.81. The van der Waals surface area contributed by atoms with E-state index in [4.69, 9.17) is 0 Å². The first kappa shape index (κ1) is 18.7. The third-order valence-electron chi connectivity index (χ3n) is 6.27. The van der Waals surface area contributed by atoms with Gasteiger partial charge in [-0.3, -0.25) is 14.3 Å². The number of benzene rings is 1. The lowest BCUT2D eigenvalue weighted by Crippen LogP contribution is -2.49. The number of hydrogen-bond acceptors (Lipinski definition) is 3. The van der Waals surface area contributed by atoms with Crippen molar-refractivity contribution in [3.05, 3.63) is 41.6 Å². The highest BCUT2D eigenvalue weighted by Crippen LogP contribution is 2.53. The summed E-state index contributed by atoms with van der Waals surface area (Å²) in [4.78, 5) is 27.2. The molecule has 6 heteroatoms. The van der Waals surface area contributed by atoms with Gasteiger partial charge in [0.15, 0.2) is 5.69 Å². The van der Waals surface area contributed by atoms with E-state index in [2.05, 4.69) is 10.4 Å². The van der Waals surface area contributed by atoms with Crippen molar-refractivity contribution in [1.82, 2.24) is 20.0 Å². The molecule has 2 heterocycles. The second-order valence-electron chi connectivity index (χ2n) is 8.42. The minimum absolute atomic E-state index is 0.00135. The molecular weight excluding hydrogens is 352 g/mol. The van der Waals surface area contributed by atoms with Crippen LogP contribution in [-0.4, -0.2) is 45.6 Å². The largest absolute Gasteiger partial charge is 0.341 e. The van der Waals surface area contributed by atoms with Crippen LogP contribution < -0.4 is 5.32 Å². The summed E-state index contributed by atoms with van der Waals surface area (Å²) < 4.78 is 1.70. The van der Waals surface area contributed by atoms with Crippen LogP contribution in [0.25, 0.3) is 11.3 Å². The summed E-state index contributed by atoms with van der Waals surface area (Å²) in [7, 11) is 1.82. The van der Waals surface area contributed by atoms with Gasteiger partial charge in [0.1, 0.15) is 6.04 Å². The average molecular weight is 380 g/mol. The minimum Gasteiger partial charge on any atom is -0.341 e. The normalized spacial score (nSPS) is 18.8. The van der Waals surface area contributed by atoms with E-state index in [0.717, 1.165) is 37.2 Å². The number of amides is 2. The SMILES string of the molecule is Cc1ccc(-c2cc(C(=O)NC(C)C(=O)N3CCC4(CC3)CC4)nn2C)cc1. The van der Waals surface area contributed by atoms with Crippen LogP contribution in [0.5, 0.6) is 0 Å². The van der Waals surface area contributed by atoms with Crippen molar-refractivity contribution >= 4 is 11.8 Å². The van der Waals surface area contributed by atoms with Crippen molar-refractivity contribution in [2.24, 2.45) is 12.5 Å². The van der Waals surface area contributed by atoms with Gasteiger partial charge in [0.25, 0.3) is 5.91 Å². The van der Waals surface area contributed by atoms with E-state index in [0.29, 0.717) is 11.1 Å². The smallest absolute Gasteiger partial charge is 0.272 e. The molecule has 1 unspecified atom stereocenters. The standard InChI is InChI=1S/C22H28N4O2/c1-15-4-6-17(7-5-15)19-14-18(24-25(19)3)20(27)23-16(2)21(28)26-12-10-22(8-9-22)11-13-26/h4-7,14,16H,8-13H2,1-3H3,(H,23,27). The first-order valence-corrected chi connectivity index (χ1v) is 10.1. The Labute approximate surface area is 165 Å². The molecule has 2 fully saturated rings. The molecule has 1 aliphatic carbocycles. The van der Waals surface area contributed by atoms with E-state index in [-0.39, 0.29) is 11.8 Å². The van der Waals surface area contributed by atoms with Gasteiger partial charge in [-0.25, -0.2) is 0 Å². The predicted molar refractivity (Wildman–Crippen MR) is 108 cm³/mol. The van der Waals surface area contributed by atoms with E-state index >= 15 is 0 Å². The summed E-state index contributed by atoms with van der Waals surface area (Å²) in [5.41, 5.74) is 3.92. The summed E-state index contributed by atoms with van der Waals surface area (Å²) >= 11 is 0. The lowest BCUT2D eigenvalue weighted by atomic mass is 9.93. The Bertz CT molecular complexity index is 886. The Kier molecular flexibility index (Phi) is 4.73. The fraction of sp³-hybridized carbons (Fsp3) is 0.500. The van der Waals surface area contributed by atoms with Gasteiger partial charge < -0.3 is 10.2 Å². The summed E-state index contributed by atoms with van der Waals surface area (Å²) in [6.45, 7) is 5.41. The molecule has 1 aliphatic heterocycles. The number of hydrogen-bond donors (Lipinski definition) is 1. The monoisotopic (exact) mass is 380 g/mol. The molecule has 1 spiro atoms. The van der Waals surface area contributed by atoms with Crippen LogP contribution in [0.1, 0.15) is 48.7 Å². The number of nitrogens with one attached hydrogen (secondary N) is 1. The van der Waals surface area contributed by atoms with Crippen molar-refractivity contribution in [2.75, 3.05) is 13.1 Å². The maximum atomic E-state index is 12.7. The summed E-state index contributed by atoms with van der Waals surface area (Å²) in [5, 5.41) is 7.17. The van der Waals surface area contributed by atoms with Gasteiger partial charge in [-0.1, -0.05) is 29.8 Å². The van der Waals surface area contributed by atoms with Crippen LogP contribution >= 0.6 is 0 Å². The number of rotatable bonds is 4. The third kappa shape index (κ3) is 3.68. The lowest BCUT2D eigenvalue weighted by Gasteiger charge is -2.33. The average Bonchev–Trinajstić information content (AvgIpc) is 3.32. The second kappa shape index (κ2) is 7.08. The first-order chi connectivity index (χ1) is 13.4. The molecule has 6 nitrogen and oxygen atoms in total. The molecule has 28 heavy (non-hydrogen) atoms. The number of nitrogens with zero attached hydrogens (tertiary/aromatic N) is 3. The van der Waals surface area contributed by atoms with Gasteiger partial charge in [-0.15, -0.1) is 0 Å². The van der Waals surface area contributed by atoms with Crippen molar-refractivity contribution in [2.45, 2.75) is 45.6 Å². The number of aromatic nitrogens is 2. The van der Waals surface area contributed by atoms with Crippen LogP contribution in [0.2, 0.25) is 0 Å². The van der Waals surface area contributed by atoms with Gasteiger partial charge >= 0.3 is 0 Å². The molecule has 1 aromatic carbocycles. The number of piperidine rings is 1. The predicted octanol–water partition coefficient (Wildman–Crippen LogP) is 2.92. The molecular formula is C22H28N4O2. The van der Waals surface area contributed by atoms with E-state index in [1.54, 1.807) is 17.7 Å². The minimum atomic E-state index is -0.550. The molecule has 0 bridgehead atoms. The first-order valence-electron chi connectivity index (χ1n) is 10.1. The number of carbonyl (C=O) groups excluding carboxylic acids is 2. The Balaban J connectivity index is 1.39. The maximum absolute atomic E-state index is 12.7. The molecule has 1 N–H and O–H groups in total. The zero-order valence-electron chi connectivity index (χ0n) is 16.9. The number of likely N-dealkylation sites (tertiary alicyclic amines) is 1. The molecule has 148 valence electrons. The fourth-order valence-electron chi connectivity index (χ4n) is 4.06. The highest BCUT2D eigenvalue weighted by Gasteiger charge is 2.45. The van der Waals surface area contributed by atoms with Gasteiger partial charge in [-0.05, 0) is 56.6 Å². The Hall–Kier alpha value is -2.63. The van der Waals surface area contributed by atoms with Crippen LogP contribution in [-0.2, 0) is 11.8 Å². The molecule has 2 aromatic rings. The molecule has 1 aromatic heterocycles. The highest BCUT2D eigenvalue weighted by molar-refractivity contribution is 5.96. The third-order valence-corrected chi connectivity index (χ3v) is 6.27. The zero-order valence-corrected chi connectivity index (χ0v) is 16.9. The molecule has 1 saturated heterocycles. The molecule has 4 rings (SSSR count). The number of carbonyl (C=O) groups is 2. The van der Waals surface area contributed by atoms with Crippen molar-refractivity contribution < 1.29 is 9.59 Å². The topological polar surface area (TPSA) is 67.2 Å². The van der Waals surface area contributed by atoms with Crippen LogP contribution in [0.3, 0.4) is 0 Å². The van der Waals surface area contributed by atoms with E-state index < -0.39 is 6.04 Å². The quantitative estimate of drug-likeness (QED) is 0.887. The maximum Gasteiger partial charge on any atom is 0.272 e.